The van der Waals surface area contributed by atoms with Crippen LogP contribution < -0.4 is 10.5 Å². The van der Waals surface area contributed by atoms with Crippen LogP contribution >= 0.6 is 11.3 Å². The van der Waals surface area contributed by atoms with E-state index in [1.54, 1.807) is 24.4 Å². The van der Waals surface area contributed by atoms with E-state index in [0.29, 0.717) is 34.6 Å². The van der Waals surface area contributed by atoms with Crippen LogP contribution in [0.25, 0.3) is 31.8 Å². The van der Waals surface area contributed by atoms with Gasteiger partial charge in [-0.3, -0.25) is 9.59 Å². The van der Waals surface area contributed by atoms with Gasteiger partial charge < -0.3 is 20.1 Å². The quantitative estimate of drug-likeness (QED) is 0.242. The van der Waals surface area contributed by atoms with E-state index in [2.05, 4.69) is 16.5 Å². The number of thiophene rings is 1. The average molecular weight is 536 g/mol. The summed E-state index contributed by atoms with van der Waals surface area (Å²) in [5.74, 6) is -0.667. The number of ether oxygens (including phenoxy) is 2. The zero-order valence-electron chi connectivity index (χ0n) is 20.5. The number of likely N-dealkylation sites (tertiary alicyclic amines) is 1. The van der Waals surface area contributed by atoms with Gasteiger partial charge in [0.05, 0.1) is 31.7 Å². The number of primary amides is 1. The average Bonchev–Trinajstić information content (AvgIpc) is 3.51. The maximum atomic E-state index is 14.0. The van der Waals surface area contributed by atoms with Crippen LogP contribution in [0.15, 0.2) is 55.3 Å². The largest absolute Gasteiger partial charge is 0.471 e. The molecule has 2 atom stereocenters. The van der Waals surface area contributed by atoms with E-state index < -0.39 is 23.9 Å². The summed E-state index contributed by atoms with van der Waals surface area (Å²) in [6, 6.07) is 8.93. The molecule has 0 radical (unpaired) electrons. The lowest BCUT2D eigenvalue weighted by atomic mass is 10.2. The van der Waals surface area contributed by atoms with E-state index in [1.807, 2.05) is 12.1 Å². The third-order valence-electron chi connectivity index (χ3n) is 6.26. The Morgan fingerprint density at radius 3 is 2.89 bits per heavy atom. The van der Waals surface area contributed by atoms with Gasteiger partial charge in [-0.25, -0.2) is 14.4 Å². The molecule has 1 aromatic carbocycles. The van der Waals surface area contributed by atoms with Crippen LogP contribution in [0.3, 0.4) is 0 Å². The number of rotatable bonds is 10. The minimum Gasteiger partial charge on any atom is -0.471 e. The van der Waals surface area contributed by atoms with Gasteiger partial charge >= 0.3 is 0 Å². The van der Waals surface area contributed by atoms with Crippen LogP contribution in [0.2, 0.25) is 0 Å². The fourth-order valence-electron chi connectivity index (χ4n) is 4.45. The first-order valence-corrected chi connectivity index (χ1v) is 13.0. The van der Waals surface area contributed by atoms with Crippen LogP contribution in [-0.4, -0.2) is 63.6 Å². The Kier molecular flexibility index (Phi) is 7.57. The summed E-state index contributed by atoms with van der Waals surface area (Å²) in [4.78, 5) is 41.0. The maximum Gasteiger partial charge on any atom is 0.240 e. The van der Waals surface area contributed by atoms with Gasteiger partial charge in [-0.2, -0.15) is 4.98 Å². The predicted molar refractivity (Wildman–Crippen MR) is 142 cm³/mol. The molecule has 38 heavy (non-hydrogen) atoms. The number of hydrogen-bond donors (Lipinski definition) is 1. The Balaban J connectivity index is 1.44. The first-order valence-electron chi connectivity index (χ1n) is 12.2. The van der Waals surface area contributed by atoms with Crippen molar-refractivity contribution in [1.82, 2.24) is 19.9 Å². The molecule has 2 N–H and O–H groups in total. The lowest BCUT2D eigenvalue weighted by molar-refractivity contribution is -0.138. The number of carbonyl (C=O) groups excluding carboxylic acids is 2. The molecule has 1 aliphatic rings. The molecule has 0 aliphatic carbocycles. The Morgan fingerprint density at radius 2 is 2.11 bits per heavy atom. The molecule has 0 saturated carbocycles. The second-order valence-electron chi connectivity index (χ2n) is 8.88. The van der Waals surface area contributed by atoms with E-state index in [4.69, 9.17) is 20.2 Å². The number of nitrogens with two attached hydrogens (primary N) is 1. The number of aromatic nitrogens is 3. The van der Waals surface area contributed by atoms with Crippen molar-refractivity contribution in [3.8, 4) is 17.3 Å². The third-order valence-corrected chi connectivity index (χ3v) is 7.35. The summed E-state index contributed by atoms with van der Waals surface area (Å²) in [7, 11) is 0. The van der Waals surface area contributed by atoms with Gasteiger partial charge in [0.2, 0.25) is 17.7 Å². The van der Waals surface area contributed by atoms with Crippen molar-refractivity contribution in [2.75, 3.05) is 19.8 Å². The number of benzene rings is 1. The third kappa shape index (κ3) is 5.34. The summed E-state index contributed by atoms with van der Waals surface area (Å²) >= 11 is 1.38. The van der Waals surface area contributed by atoms with Gasteiger partial charge in [-0.1, -0.05) is 18.2 Å². The second kappa shape index (κ2) is 11.2. The van der Waals surface area contributed by atoms with Crippen molar-refractivity contribution >= 4 is 43.6 Å². The van der Waals surface area contributed by atoms with Crippen molar-refractivity contribution in [2.45, 2.75) is 31.4 Å². The highest BCUT2D eigenvalue weighted by Gasteiger charge is 2.40. The number of hydrogen-bond acceptors (Lipinski definition) is 8. The highest BCUT2D eigenvalue weighted by atomic mass is 32.1. The van der Waals surface area contributed by atoms with E-state index in [0.717, 1.165) is 10.2 Å². The lowest BCUT2D eigenvalue weighted by Gasteiger charge is -2.21. The molecule has 1 aliphatic heterocycles. The molecule has 5 rings (SSSR count). The molecule has 2 amide bonds. The van der Waals surface area contributed by atoms with Gasteiger partial charge in [-0.05, 0) is 30.7 Å². The molecule has 0 spiro atoms. The maximum absolute atomic E-state index is 14.0. The summed E-state index contributed by atoms with van der Waals surface area (Å²) in [5, 5.41) is 0.826. The van der Waals surface area contributed by atoms with E-state index in [1.165, 1.54) is 28.4 Å². The highest BCUT2D eigenvalue weighted by Crippen LogP contribution is 2.39. The van der Waals surface area contributed by atoms with Gasteiger partial charge in [0, 0.05) is 23.6 Å². The number of nitrogens with zero attached hydrogens (tertiary/aromatic N) is 4. The fraction of sp³-hybridized carbons (Fsp3) is 0.296. The minimum absolute atomic E-state index is 0.122. The molecule has 196 valence electrons. The minimum atomic E-state index is -0.801. The van der Waals surface area contributed by atoms with Crippen molar-refractivity contribution in [1.29, 1.82) is 0 Å². The zero-order chi connectivity index (χ0) is 26.6. The first kappa shape index (κ1) is 25.7. The lowest BCUT2D eigenvalue weighted by Crippen LogP contribution is -2.44. The number of amides is 2. The van der Waals surface area contributed by atoms with Crippen LogP contribution in [-0.2, 0) is 14.3 Å². The number of halogens is 1. The molecular formula is C27H26FN5O4S. The van der Waals surface area contributed by atoms with Crippen molar-refractivity contribution in [2.24, 2.45) is 5.73 Å². The molecule has 11 heteroatoms. The van der Waals surface area contributed by atoms with E-state index in [-0.39, 0.29) is 37.8 Å². The molecule has 3 aromatic heterocycles. The summed E-state index contributed by atoms with van der Waals surface area (Å²) in [5.41, 5.74) is 6.76. The van der Waals surface area contributed by atoms with Crippen molar-refractivity contribution in [3.63, 3.8) is 0 Å². The Bertz CT molecular complexity index is 1510. The van der Waals surface area contributed by atoms with Crippen molar-refractivity contribution in [3.05, 3.63) is 61.1 Å². The number of pyridine rings is 1. The standard InChI is InChI=1S/C27H26FN5O4S/c1-2-3-11-36-12-9-21(34)33-15-18(14-20(33)24(29)35)37-26-23-22(19-8-5-10-30-27(19)38-23)31-25(32-26)16-6-4-7-17(28)13-16/h2,4-8,10,13,18,20H,1,3,9,11-12,14-15H2,(H2,29,35)/t18-,20+/m1/s1. The highest BCUT2D eigenvalue weighted by molar-refractivity contribution is 7.25. The molecule has 1 fully saturated rings. The molecule has 0 unspecified atom stereocenters. The van der Waals surface area contributed by atoms with Gasteiger partial charge in [0.15, 0.2) is 5.82 Å². The molecule has 4 aromatic rings. The van der Waals surface area contributed by atoms with E-state index in [9.17, 15) is 14.0 Å². The number of fused-ring (bicyclic) bond motifs is 3. The topological polar surface area (TPSA) is 121 Å². The summed E-state index contributed by atoms with van der Waals surface area (Å²) < 4.78 is 26.4. The van der Waals surface area contributed by atoms with Crippen LogP contribution in [0.5, 0.6) is 5.88 Å². The monoisotopic (exact) mass is 535 g/mol. The zero-order valence-corrected chi connectivity index (χ0v) is 21.3. The van der Waals surface area contributed by atoms with Crippen molar-refractivity contribution < 1.29 is 23.5 Å². The molecule has 9 nitrogen and oxygen atoms in total. The van der Waals surface area contributed by atoms with Gasteiger partial charge in [-0.15, -0.1) is 17.9 Å². The molecule has 1 saturated heterocycles. The smallest absolute Gasteiger partial charge is 0.240 e. The van der Waals surface area contributed by atoms with Crippen LogP contribution in [0.4, 0.5) is 4.39 Å². The molecule has 0 bridgehead atoms. The Hall–Kier alpha value is -3.96. The normalized spacial score (nSPS) is 17.2. The molecular weight excluding hydrogens is 509 g/mol. The van der Waals surface area contributed by atoms with Gasteiger partial charge in [0.25, 0.3) is 0 Å². The van der Waals surface area contributed by atoms with E-state index >= 15 is 0 Å². The fourth-order valence-corrected chi connectivity index (χ4v) is 5.46. The molecule has 4 heterocycles. The van der Waals surface area contributed by atoms with Crippen LogP contribution in [0, 0.1) is 5.82 Å². The summed E-state index contributed by atoms with van der Waals surface area (Å²) in [6.07, 6.45) is 3.94. The first-order chi connectivity index (χ1) is 18.4. The summed E-state index contributed by atoms with van der Waals surface area (Å²) in [6.45, 7) is 4.52. The SMILES string of the molecule is C=CCCOCCC(=O)N1C[C@H](Oc2nc(-c3cccc(F)c3)nc3c2sc2ncccc23)C[C@H]1C(N)=O. The Labute approximate surface area is 222 Å². The predicted octanol–water partition coefficient (Wildman–Crippen LogP) is 3.86. The van der Waals surface area contributed by atoms with Crippen LogP contribution in [0.1, 0.15) is 19.3 Å². The number of carbonyl (C=O) groups is 2. The van der Waals surface area contributed by atoms with Gasteiger partial charge in [0.1, 0.15) is 27.5 Å². The second-order valence-corrected chi connectivity index (χ2v) is 9.88. The Morgan fingerprint density at radius 1 is 1.24 bits per heavy atom.